The molecular formula is C20H32N4O2. The number of aliphatic hydroxyl groups excluding tert-OH is 1. The van der Waals surface area contributed by atoms with Gasteiger partial charge in [-0.2, -0.15) is 0 Å². The van der Waals surface area contributed by atoms with Gasteiger partial charge < -0.3 is 10.0 Å². The topological polar surface area (TPSA) is 72.7 Å². The number of hydrogen-bond donors (Lipinski definition) is 2. The molecule has 0 radical (unpaired) electrons. The van der Waals surface area contributed by atoms with E-state index >= 15 is 0 Å². The molecule has 2 fully saturated rings. The molecule has 1 aliphatic carbocycles. The summed E-state index contributed by atoms with van der Waals surface area (Å²) in [4.78, 5) is 12.4. The van der Waals surface area contributed by atoms with E-state index in [1.54, 1.807) is 17.5 Å². The molecule has 1 aromatic heterocycles. The lowest BCUT2D eigenvalue weighted by atomic mass is 9.95. The molecule has 144 valence electrons. The molecule has 1 aliphatic heterocycles. The van der Waals surface area contributed by atoms with Crippen LogP contribution in [0, 0.1) is 5.41 Å². The molecule has 1 saturated heterocycles. The number of nitrogens with zero attached hydrogens (tertiary/aromatic N) is 3. The van der Waals surface area contributed by atoms with Crippen molar-refractivity contribution < 1.29 is 9.94 Å². The van der Waals surface area contributed by atoms with Crippen molar-refractivity contribution in [2.75, 3.05) is 26.2 Å². The molecule has 6 nitrogen and oxygen atoms in total. The fourth-order valence-corrected chi connectivity index (χ4v) is 3.96. The predicted molar refractivity (Wildman–Crippen MR) is 102 cm³/mol. The van der Waals surface area contributed by atoms with Gasteiger partial charge in [0.1, 0.15) is 6.61 Å². The molecule has 3 rings (SSSR count). The van der Waals surface area contributed by atoms with Gasteiger partial charge in [0.2, 0.25) is 0 Å². The maximum atomic E-state index is 10.4. The molecular weight excluding hydrogens is 328 g/mol. The van der Waals surface area contributed by atoms with Crippen LogP contribution in [-0.2, 0) is 4.84 Å². The second-order valence-corrected chi connectivity index (χ2v) is 7.52. The first-order chi connectivity index (χ1) is 12.7. The average molecular weight is 361 g/mol. The summed E-state index contributed by atoms with van der Waals surface area (Å²) in [5, 5.41) is 20.7. The van der Waals surface area contributed by atoms with E-state index in [1.807, 2.05) is 12.1 Å². The summed E-state index contributed by atoms with van der Waals surface area (Å²) in [7, 11) is 0. The summed E-state index contributed by atoms with van der Waals surface area (Å²) in [5.74, 6) is 0.343. The molecule has 2 aliphatic rings. The van der Waals surface area contributed by atoms with E-state index in [1.165, 1.54) is 38.5 Å². The molecule has 26 heavy (non-hydrogen) atoms. The standard InChI is InChI=1S/C20H32N4O2/c21-20(17-8-7-11-22-14-17)24(18-9-3-1-4-10-18)26-16-19(25)15-23-12-5-2-6-13-23/h7-8,11,14,18-19,21,25H,1-6,9-10,12-13,15-16H2. The van der Waals surface area contributed by atoms with Crippen molar-refractivity contribution in [1.82, 2.24) is 14.9 Å². The van der Waals surface area contributed by atoms with Crippen LogP contribution in [0.1, 0.15) is 56.9 Å². The Morgan fingerprint density at radius 1 is 1.23 bits per heavy atom. The lowest BCUT2D eigenvalue weighted by molar-refractivity contribution is -0.158. The highest BCUT2D eigenvalue weighted by Gasteiger charge is 2.26. The molecule has 0 aromatic carbocycles. The first kappa shape index (κ1) is 19.3. The molecule has 2 heterocycles. The van der Waals surface area contributed by atoms with Gasteiger partial charge in [0, 0.05) is 24.5 Å². The minimum atomic E-state index is -0.527. The Morgan fingerprint density at radius 2 is 1.96 bits per heavy atom. The van der Waals surface area contributed by atoms with Crippen LogP contribution >= 0.6 is 0 Å². The van der Waals surface area contributed by atoms with Crippen LogP contribution in [-0.4, -0.2) is 64.3 Å². The Hall–Kier alpha value is -1.50. The molecule has 1 saturated carbocycles. The number of nitrogens with one attached hydrogen (secondary N) is 1. The number of hydrogen-bond acceptors (Lipinski definition) is 5. The van der Waals surface area contributed by atoms with Crippen molar-refractivity contribution in [1.29, 1.82) is 5.41 Å². The number of pyridine rings is 1. The summed E-state index contributed by atoms with van der Waals surface area (Å²) < 4.78 is 0. The fourth-order valence-electron chi connectivity index (χ4n) is 3.96. The first-order valence-corrected chi connectivity index (χ1v) is 10.1. The number of β-amino-alcohol motifs (C(OH)–C–C–N with tert-alkyl or cyclic N) is 1. The number of piperidine rings is 1. The second-order valence-electron chi connectivity index (χ2n) is 7.52. The Balaban J connectivity index is 1.58. The largest absolute Gasteiger partial charge is 0.389 e. The van der Waals surface area contributed by atoms with E-state index in [2.05, 4.69) is 9.88 Å². The molecule has 2 N–H and O–H groups in total. The average Bonchev–Trinajstić information content (AvgIpc) is 2.70. The molecule has 0 amide bonds. The minimum absolute atomic E-state index is 0.207. The van der Waals surface area contributed by atoms with Gasteiger partial charge in [-0.25, -0.2) is 5.06 Å². The highest BCUT2D eigenvalue weighted by molar-refractivity contribution is 5.95. The monoisotopic (exact) mass is 360 g/mol. The van der Waals surface area contributed by atoms with E-state index in [-0.39, 0.29) is 12.6 Å². The number of aliphatic hydroxyl groups is 1. The highest BCUT2D eigenvalue weighted by Crippen LogP contribution is 2.24. The van der Waals surface area contributed by atoms with Gasteiger partial charge in [-0.1, -0.05) is 25.7 Å². The molecule has 1 atom stereocenters. The van der Waals surface area contributed by atoms with Gasteiger partial charge >= 0.3 is 0 Å². The van der Waals surface area contributed by atoms with Crippen LogP contribution in [0.5, 0.6) is 0 Å². The smallest absolute Gasteiger partial charge is 0.154 e. The number of aromatic nitrogens is 1. The summed E-state index contributed by atoms with van der Waals surface area (Å²) in [6.45, 7) is 3.01. The third-order valence-electron chi connectivity index (χ3n) is 5.39. The van der Waals surface area contributed by atoms with Gasteiger partial charge in [-0.3, -0.25) is 15.2 Å². The predicted octanol–water partition coefficient (Wildman–Crippen LogP) is 2.82. The van der Waals surface area contributed by atoms with Gasteiger partial charge in [-0.05, 0) is 50.9 Å². The van der Waals surface area contributed by atoms with Crippen LogP contribution in [0.2, 0.25) is 0 Å². The van der Waals surface area contributed by atoms with E-state index in [0.717, 1.165) is 31.5 Å². The van der Waals surface area contributed by atoms with Crippen LogP contribution in [0.15, 0.2) is 24.5 Å². The van der Waals surface area contributed by atoms with E-state index in [0.29, 0.717) is 12.4 Å². The van der Waals surface area contributed by atoms with Crippen LogP contribution < -0.4 is 0 Å². The Morgan fingerprint density at radius 3 is 2.65 bits per heavy atom. The van der Waals surface area contributed by atoms with Crippen molar-refractivity contribution >= 4 is 5.84 Å². The van der Waals surface area contributed by atoms with Crippen molar-refractivity contribution in [3.63, 3.8) is 0 Å². The lowest BCUT2D eigenvalue weighted by Gasteiger charge is -2.36. The fraction of sp³-hybridized carbons (Fsp3) is 0.700. The zero-order valence-electron chi connectivity index (χ0n) is 15.6. The highest BCUT2D eigenvalue weighted by atomic mass is 16.7. The zero-order valence-corrected chi connectivity index (χ0v) is 15.6. The first-order valence-electron chi connectivity index (χ1n) is 10.1. The maximum Gasteiger partial charge on any atom is 0.154 e. The third-order valence-corrected chi connectivity index (χ3v) is 5.39. The normalized spacial score (nSPS) is 20.7. The molecule has 1 aromatic rings. The number of amidine groups is 1. The molecule has 0 spiro atoms. The maximum absolute atomic E-state index is 10.4. The summed E-state index contributed by atoms with van der Waals surface area (Å²) in [6.07, 6.45) is 12.3. The van der Waals surface area contributed by atoms with Crippen LogP contribution in [0.25, 0.3) is 0 Å². The lowest BCUT2D eigenvalue weighted by Crippen LogP contribution is -2.45. The van der Waals surface area contributed by atoms with Crippen molar-refractivity contribution in [2.24, 2.45) is 0 Å². The number of hydroxylamine groups is 2. The molecule has 6 heteroatoms. The summed E-state index contributed by atoms with van der Waals surface area (Å²) in [6, 6.07) is 3.94. The Kier molecular flexibility index (Phi) is 7.41. The van der Waals surface area contributed by atoms with Crippen LogP contribution in [0.4, 0.5) is 0 Å². The van der Waals surface area contributed by atoms with E-state index in [4.69, 9.17) is 10.2 Å². The van der Waals surface area contributed by atoms with Gasteiger partial charge in [0.25, 0.3) is 0 Å². The Bertz CT molecular complexity index is 542. The molecule has 0 bridgehead atoms. The van der Waals surface area contributed by atoms with Crippen molar-refractivity contribution in [3.05, 3.63) is 30.1 Å². The van der Waals surface area contributed by atoms with Gasteiger partial charge in [0.15, 0.2) is 5.84 Å². The van der Waals surface area contributed by atoms with E-state index < -0.39 is 6.10 Å². The van der Waals surface area contributed by atoms with Crippen molar-refractivity contribution in [2.45, 2.75) is 63.5 Å². The van der Waals surface area contributed by atoms with Crippen LogP contribution in [0.3, 0.4) is 0 Å². The van der Waals surface area contributed by atoms with E-state index in [9.17, 15) is 5.11 Å². The summed E-state index contributed by atoms with van der Waals surface area (Å²) >= 11 is 0. The SMILES string of the molecule is N=C(c1cccnc1)N(OCC(O)CN1CCCCC1)C1CCCCC1. The van der Waals surface area contributed by atoms with Gasteiger partial charge in [-0.15, -0.1) is 0 Å². The Labute approximate surface area is 156 Å². The van der Waals surface area contributed by atoms with Gasteiger partial charge in [0.05, 0.1) is 12.1 Å². The zero-order chi connectivity index (χ0) is 18.2. The number of likely N-dealkylation sites (tertiary alicyclic amines) is 1. The third kappa shape index (κ3) is 5.50. The van der Waals surface area contributed by atoms with Crippen molar-refractivity contribution in [3.8, 4) is 0 Å². The quantitative estimate of drug-likeness (QED) is 0.444. The minimum Gasteiger partial charge on any atom is -0.389 e. The second kappa shape index (κ2) is 10.00. The number of rotatable bonds is 7. The summed E-state index contributed by atoms with van der Waals surface area (Å²) in [5.41, 5.74) is 0.753. The molecule has 1 unspecified atom stereocenters.